The van der Waals surface area contributed by atoms with Gasteiger partial charge in [0.05, 0.1) is 15.5 Å². The molecule has 12 heteroatoms. The number of hydrogen-bond donors (Lipinski definition) is 1. The second-order valence-corrected chi connectivity index (χ2v) is 12.1. The zero-order valence-electron chi connectivity index (χ0n) is 23.9. The molecule has 0 aliphatic heterocycles. The van der Waals surface area contributed by atoms with E-state index in [-0.39, 0.29) is 29.2 Å². The smallest absolute Gasteiger partial charge is 0.269 e. The Morgan fingerprint density at radius 3 is 2.02 bits per heavy atom. The molecule has 10 nitrogen and oxygen atoms in total. The molecule has 44 heavy (non-hydrogen) atoms. The van der Waals surface area contributed by atoms with E-state index in [1.54, 1.807) is 49.4 Å². The van der Waals surface area contributed by atoms with Crippen molar-refractivity contribution in [3.05, 3.63) is 135 Å². The largest absolute Gasteiger partial charge is 0.355 e. The van der Waals surface area contributed by atoms with Crippen LogP contribution in [0.1, 0.15) is 18.1 Å². The molecule has 0 saturated heterocycles. The molecule has 1 atom stereocenters. The molecule has 0 aromatic heterocycles. The Bertz CT molecular complexity index is 1690. The first kappa shape index (κ1) is 32.2. The molecule has 4 aromatic rings. The van der Waals surface area contributed by atoms with E-state index in [4.69, 9.17) is 11.6 Å². The van der Waals surface area contributed by atoms with Gasteiger partial charge in [-0.15, -0.1) is 0 Å². The van der Waals surface area contributed by atoms with E-state index in [0.29, 0.717) is 17.1 Å². The van der Waals surface area contributed by atoms with Crippen molar-refractivity contribution in [1.29, 1.82) is 0 Å². The minimum Gasteiger partial charge on any atom is -0.355 e. The third-order valence-corrected chi connectivity index (χ3v) is 8.89. The lowest BCUT2D eigenvalue weighted by molar-refractivity contribution is -0.384. The number of carbonyl (C=O) groups is 2. The lowest BCUT2D eigenvalue weighted by Crippen LogP contribution is -2.53. The third kappa shape index (κ3) is 8.00. The average Bonchev–Trinajstić information content (AvgIpc) is 3.03. The van der Waals surface area contributed by atoms with E-state index in [9.17, 15) is 28.1 Å². The number of halogens is 1. The molecule has 4 rings (SSSR count). The third-order valence-electron chi connectivity index (χ3n) is 6.85. The molecule has 1 N–H and O–H groups in total. The number of amides is 2. The van der Waals surface area contributed by atoms with E-state index in [1.165, 1.54) is 41.3 Å². The first-order valence-corrected chi connectivity index (χ1v) is 15.6. The molecular weight excluding hydrogens is 604 g/mol. The summed E-state index contributed by atoms with van der Waals surface area (Å²) < 4.78 is 28.8. The summed E-state index contributed by atoms with van der Waals surface area (Å²) in [5, 5.41) is 14.6. The van der Waals surface area contributed by atoms with Crippen LogP contribution in [0.15, 0.2) is 114 Å². The summed E-state index contributed by atoms with van der Waals surface area (Å²) in [6.07, 6.45) is 0.176. The maximum Gasteiger partial charge on any atom is 0.269 e. The van der Waals surface area contributed by atoms with Crippen LogP contribution in [-0.2, 0) is 32.6 Å². The van der Waals surface area contributed by atoms with Crippen LogP contribution in [0.2, 0.25) is 5.02 Å². The fraction of sp³-hybridized carbons (Fsp3) is 0.188. The van der Waals surface area contributed by atoms with Gasteiger partial charge in [-0.1, -0.05) is 72.3 Å². The monoisotopic (exact) mass is 634 g/mol. The molecule has 0 aliphatic carbocycles. The molecule has 0 saturated carbocycles. The fourth-order valence-corrected chi connectivity index (χ4v) is 6.18. The van der Waals surface area contributed by atoms with Gasteiger partial charge in [-0.3, -0.25) is 24.0 Å². The highest BCUT2D eigenvalue weighted by Crippen LogP contribution is 2.27. The van der Waals surface area contributed by atoms with Crippen LogP contribution in [0.5, 0.6) is 0 Å². The highest BCUT2D eigenvalue weighted by Gasteiger charge is 2.34. The lowest BCUT2D eigenvalue weighted by Gasteiger charge is -2.33. The number of hydrogen-bond acceptors (Lipinski definition) is 6. The Morgan fingerprint density at radius 1 is 0.864 bits per heavy atom. The van der Waals surface area contributed by atoms with Crippen molar-refractivity contribution in [3.8, 4) is 0 Å². The number of non-ortho nitro benzene ring substituents is 1. The fourth-order valence-electron chi connectivity index (χ4n) is 4.62. The van der Waals surface area contributed by atoms with Crippen LogP contribution in [0.4, 0.5) is 11.4 Å². The van der Waals surface area contributed by atoms with Gasteiger partial charge in [0.1, 0.15) is 12.6 Å². The molecule has 0 heterocycles. The number of nitro benzene ring substituents is 1. The topological polar surface area (TPSA) is 130 Å². The van der Waals surface area contributed by atoms with Crippen molar-refractivity contribution < 1.29 is 22.9 Å². The minimum absolute atomic E-state index is 0.00980. The number of nitrogens with zero attached hydrogens (tertiary/aromatic N) is 3. The highest BCUT2D eigenvalue weighted by atomic mass is 35.5. The number of carbonyl (C=O) groups excluding carboxylic acids is 2. The quantitative estimate of drug-likeness (QED) is 0.159. The summed E-state index contributed by atoms with van der Waals surface area (Å²) in [6.45, 7) is 1.41. The molecule has 4 aromatic carbocycles. The van der Waals surface area contributed by atoms with Gasteiger partial charge >= 0.3 is 0 Å². The Labute approximate surface area is 261 Å². The van der Waals surface area contributed by atoms with Crippen LogP contribution >= 0.6 is 11.6 Å². The Kier molecular flexibility index (Phi) is 10.7. The van der Waals surface area contributed by atoms with Crippen molar-refractivity contribution in [2.75, 3.05) is 17.4 Å². The first-order valence-electron chi connectivity index (χ1n) is 13.8. The molecule has 0 spiro atoms. The molecule has 228 valence electrons. The first-order chi connectivity index (χ1) is 21.1. The Morgan fingerprint density at radius 2 is 1.45 bits per heavy atom. The van der Waals surface area contributed by atoms with Gasteiger partial charge in [-0.05, 0) is 54.4 Å². The lowest BCUT2D eigenvalue weighted by atomic mass is 10.0. The van der Waals surface area contributed by atoms with Crippen molar-refractivity contribution in [3.63, 3.8) is 0 Å². The average molecular weight is 635 g/mol. The van der Waals surface area contributed by atoms with Crippen molar-refractivity contribution in [2.24, 2.45) is 0 Å². The standard InChI is InChI=1S/C32H31ClN4O6S/c1-2-34-32(39)30(21-24-9-5-3-6-10-24)35(22-25-13-15-26(33)16-14-25)31(38)23-36(27-17-19-28(20-18-27)37(40)41)44(42,43)29-11-7-4-8-12-29/h3-20,30H,2,21-23H2,1H3,(H,34,39)/t30-/m0/s1. The number of benzene rings is 4. The molecule has 0 fully saturated rings. The Balaban J connectivity index is 1.79. The number of sulfonamides is 1. The summed E-state index contributed by atoms with van der Waals surface area (Å²) in [4.78, 5) is 39.8. The van der Waals surface area contributed by atoms with Crippen LogP contribution in [0, 0.1) is 10.1 Å². The summed E-state index contributed by atoms with van der Waals surface area (Å²) in [5.74, 6) is -1.04. The van der Waals surface area contributed by atoms with Crippen LogP contribution in [-0.4, -0.2) is 49.2 Å². The van der Waals surface area contributed by atoms with Crippen LogP contribution in [0.3, 0.4) is 0 Å². The summed E-state index contributed by atoms with van der Waals surface area (Å²) in [6, 6.07) is 27.5. The number of likely N-dealkylation sites (N-methyl/N-ethyl adjacent to an activating group) is 1. The molecule has 0 radical (unpaired) electrons. The number of rotatable bonds is 13. The normalized spacial score (nSPS) is 11.8. The maximum absolute atomic E-state index is 14.3. The predicted molar refractivity (Wildman–Crippen MR) is 169 cm³/mol. The molecular formula is C32H31ClN4O6S. The van der Waals surface area contributed by atoms with E-state index < -0.39 is 39.3 Å². The van der Waals surface area contributed by atoms with E-state index in [0.717, 1.165) is 9.87 Å². The van der Waals surface area contributed by atoms with Gasteiger partial charge in [0.25, 0.3) is 15.7 Å². The van der Waals surface area contributed by atoms with Crippen molar-refractivity contribution >= 4 is 44.8 Å². The molecule has 0 bridgehead atoms. The zero-order chi connectivity index (χ0) is 31.7. The second-order valence-electron chi connectivity index (χ2n) is 9.85. The van der Waals surface area contributed by atoms with Crippen LogP contribution < -0.4 is 9.62 Å². The molecule has 0 aliphatic rings. The van der Waals surface area contributed by atoms with Crippen molar-refractivity contribution in [1.82, 2.24) is 10.2 Å². The number of anilines is 1. The minimum atomic E-state index is -4.31. The SMILES string of the molecule is CCNC(=O)[C@H](Cc1ccccc1)N(Cc1ccc(Cl)cc1)C(=O)CN(c1ccc([N+](=O)[O-])cc1)S(=O)(=O)c1ccccc1. The number of nitrogens with one attached hydrogen (secondary N) is 1. The van der Waals surface area contributed by atoms with Gasteiger partial charge in [0.15, 0.2) is 0 Å². The summed E-state index contributed by atoms with van der Waals surface area (Å²) in [5.41, 5.74) is 1.30. The highest BCUT2D eigenvalue weighted by molar-refractivity contribution is 7.92. The molecule has 0 unspecified atom stereocenters. The summed E-state index contributed by atoms with van der Waals surface area (Å²) in [7, 11) is -4.31. The van der Waals surface area contributed by atoms with Gasteiger partial charge in [0, 0.05) is 36.7 Å². The van der Waals surface area contributed by atoms with Crippen LogP contribution in [0.25, 0.3) is 0 Å². The van der Waals surface area contributed by atoms with Gasteiger partial charge in [0.2, 0.25) is 11.8 Å². The summed E-state index contributed by atoms with van der Waals surface area (Å²) >= 11 is 6.09. The number of nitro groups is 1. The van der Waals surface area contributed by atoms with Gasteiger partial charge in [-0.25, -0.2) is 8.42 Å². The Hall–Kier alpha value is -4.74. The van der Waals surface area contributed by atoms with Crippen molar-refractivity contribution in [2.45, 2.75) is 30.8 Å². The molecule has 2 amide bonds. The van der Waals surface area contributed by atoms with Gasteiger partial charge < -0.3 is 10.2 Å². The zero-order valence-corrected chi connectivity index (χ0v) is 25.4. The maximum atomic E-state index is 14.3. The van der Waals surface area contributed by atoms with E-state index in [1.807, 2.05) is 30.3 Å². The second kappa shape index (κ2) is 14.6. The van der Waals surface area contributed by atoms with E-state index in [2.05, 4.69) is 5.32 Å². The predicted octanol–water partition coefficient (Wildman–Crippen LogP) is 5.22. The van der Waals surface area contributed by atoms with Gasteiger partial charge in [-0.2, -0.15) is 0 Å². The van der Waals surface area contributed by atoms with E-state index >= 15 is 0 Å².